The van der Waals surface area contributed by atoms with Gasteiger partial charge in [-0.25, -0.2) is 4.98 Å². The SMILES string of the molecule is CN1C(=O)CNC1c1nccs1. The normalized spacial score (nSPS) is 23.6. The van der Waals surface area contributed by atoms with Gasteiger partial charge in [-0.15, -0.1) is 11.3 Å². The molecule has 0 aliphatic carbocycles. The lowest BCUT2D eigenvalue weighted by Crippen LogP contribution is -2.25. The first-order valence-electron chi connectivity index (χ1n) is 3.67. The molecule has 12 heavy (non-hydrogen) atoms. The fourth-order valence-corrected chi connectivity index (χ4v) is 1.97. The lowest BCUT2D eigenvalue weighted by molar-refractivity contribution is -0.126. The highest BCUT2D eigenvalue weighted by Gasteiger charge is 2.29. The zero-order chi connectivity index (χ0) is 8.55. The second-order valence-electron chi connectivity index (χ2n) is 2.66. The molecule has 1 fully saturated rings. The van der Waals surface area contributed by atoms with Crippen molar-refractivity contribution in [3.63, 3.8) is 0 Å². The number of hydrogen-bond donors (Lipinski definition) is 1. The molecule has 1 saturated heterocycles. The molecule has 2 heterocycles. The molecule has 0 saturated carbocycles. The zero-order valence-electron chi connectivity index (χ0n) is 6.65. The third-order valence-corrected chi connectivity index (χ3v) is 2.74. The number of thiazole rings is 1. The van der Waals surface area contributed by atoms with Gasteiger partial charge in [-0.3, -0.25) is 10.1 Å². The Bertz CT molecular complexity index is 285. The first-order chi connectivity index (χ1) is 5.79. The van der Waals surface area contributed by atoms with Gasteiger partial charge in [0.15, 0.2) is 0 Å². The number of hydrogen-bond acceptors (Lipinski definition) is 4. The highest BCUT2D eigenvalue weighted by Crippen LogP contribution is 2.21. The summed E-state index contributed by atoms with van der Waals surface area (Å²) in [5.74, 6) is 0.121. The van der Waals surface area contributed by atoms with Crippen LogP contribution in [-0.2, 0) is 4.79 Å². The minimum Gasteiger partial charge on any atom is -0.323 e. The predicted octanol–water partition coefficient (Wildman–Crippen LogP) is 0.203. The molecule has 1 aliphatic rings. The average Bonchev–Trinajstić information content (AvgIpc) is 2.64. The lowest BCUT2D eigenvalue weighted by Gasteiger charge is -2.16. The lowest BCUT2D eigenvalue weighted by atomic mass is 10.5. The molecule has 1 aliphatic heterocycles. The van der Waals surface area contributed by atoms with Crippen molar-refractivity contribution < 1.29 is 4.79 Å². The zero-order valence-corrected chi connectivity index (χ0v) is 7.47. The van der Waals surface area contributed by atoms with E-state index in [9.17, 15) is 4.79 Å². The molecule has 1 aromatic heterocycles. The monoisotopic (exact) mass is 183 g/mol. The number of nitrogens with one attached hydrogen (secondary N) is 1. The molecular formula is C7H9N3OS. The molecule has 2 rings (SSSR count). The molecule has 0 radical (unpaired) electrons. The minimum absolute atomic E-state index is 0.0162. The van der Waals surface area contributed by atoms with E-state index >= 15 is 0 Å². The Labute approximate surface area is 74.2 Å². The number of carbonyl (C=O) groups is 1. The Balaban J connectivity index is 2.21. The highest BCUT2D eigenvalue weighted by molar-refractivity contribution is 7.09. The van der Waals surface area contributed by atoms with Gasteiger partial charge in [0.1, 0.15) is 11.2 Å². The third kappa shape index (κ3) is 1.11. The number of rotatable bonds is 1. The Hall–Kier alpha value is -0.940. The van der Waals surface area contributed by atoms with Crippen LogP contribution in [0.15, 0.2) is 11.6 Å². The van der Waals surface area contributed by atoms with E-state index in [2.05, 4.69) is 10.3 Å². The highest BCUT2D eigenvalue weighted by atomic mass is 32.1. The molecule has 1 N–H and O–H groups in total. The Morgan fingerprint density at radius 2 is 2.67 bits per heavy atom. The first kappa shape index (κ1) is 7.70. The van der Waals surface area contributed by atoms with Crippen molar-refractivity contribution in [2.24, 2.45) is 0 Å². The van der Waals surface area contributed by atoms with Gasteiger partial charge in [0.05, 0.1) is 6.54 Å². The van der Waals surface area contributed by atoms with Crippen molar-refractivity contribution in [3.8, 4) is 0 Å². The molecule has 1 unspecified atom stereocenters. The molecule has 1 aromatic rings. The van der Waals surface area contributed by atoms with Gasteiger partial charge in [0.25, 0.3) is 0 Å². The molecular weight excluding hydrogens is 174 g/mol. The van der Waals surface area contributed by atoms with Gasteiger partial charge in [-0.05, 0) is 0 Å². The van der Waals surface area contributed by atoms with Gasteiger partial charge < -0.3 is 4.90 Å². The summed E-state index contributed by atoms with van der Waals surface area (Å²) in [4.78, 5) is 16.9. The van der Waals surface area contributed by atoms with Crippen LogP contribution in [-0.4, -0.2) is 29.4 Å². The van der Waals surface area contributed by atoms with Crippen LogP contribution in [0.3, 0.4) is 0 Å². The van der Waals surface area contributed by atoms with Crippen molar-refractivity contribution in [2.75, 3.05) is 13.6 Å². The van der Waals surface area contributed by atoms with Gasteiger partial charge in [0, 0.05) is 18.6 Å². The minimum atomic E-state index is -0.0162. The summed E-state index contributed by atoms with van der Waals surface area (Å²) in [6.45, 7) is 0.417. The second kappa shape index (κ2) is 2.84. The molecule has 4 nitrogen and oxygen atoms in total. The molecule has 1 amide bonds. The number of amides is 1. The van der Waals surface area contributed by atoms with Gasteiger partial charge in [-0.2, -0.15) is 0 Å². The van der Waals surface area contributed by atoms with Crippen LogP contribution in [0.5, 0.6) is 0 Å². The Kier molecular flexibility index (Phi) is 1.82. The summed E-state index contributed by atoms with van der Waals surface area (Å²) in [7, 11) is 1.79. The van der Waals surface area contributed by atoms with Gasteiger partial charge in [-0.1, -0.05) is 0 Å². The third-order valence-electron chi connectivity index (χ3n) is 1.91. The van der Waals surface area contributed by atoms with Crippen LogP contribution >= 0.6 is 11.3 Å². The number of nitrogens with zero attached hydrogens (tertiary/aromatic N) is 2. The van der Waals surface area contributed by atoms with E-state index in [0.717, 1.165) is 5.01 Å². The van der Waals surface area contributed by atoms with E-state index in [1.54, 1.807) is 29.5 Å². The maximum absolute atomic E-state index is 11.1. The molecule has 5 heteroatoms. The number of aromatic nitrogens is 1. The maximum Gasteiger partial charge on any atom is 0.237 e. The second-order valence-corrected chi connectivity index (χ2v) is 3.58. The molecule has 0 aromatic carbocycles. The quantitative estimate of drug-likeness (QED) is 0.676. The molecule has 0 bridgehead atoms. The van der Waals surface area contributed by atoms with Crippen LogP contribution in [0.2, 0.25) is 0 Å². The van der Waals surface area contributed by atoms with E-state index in [1.807, 2.05) is 5.38 Å². The van der Waals surface area contributed by atoms with E-state index in [-0.39, 0.29) is 12.1 Å². The van der Waals surface area contributed by atoms with Crippen molar-refractivity contribution in [1.29, 1.82) is 0 Å². The van der Waals surface area contributed by atoms with E-state index < -0.39 is 0 Å². The van der Waals surface area contributed by atoms with E-state index in [1.165, 1.54) is 0 Å². The van der Waals surface area contributed by atoms with Crippen molar-refractivity contribution >= 4 is 17.2 Å². The van der Waals surface area contributed by atoms with Crippen LogP contribution < -0.4 is 5.32 Å². The Morgan fingerprint density at radius 3 is 3.17 bits per heavy atom. The molecule has 0 spiro atoms. The fraction of sp³-hybridized carbons (Fsp3) is 0.429. The summed E-state index contributed by atoms with van der Waals surface area (Å²) in [5.41, 5.74) is 0. The van der Waals surface area contributed by atoms with Crippen molar-refractivity contribution in [2.45, 2.75) is 6.17 Å². The van der Waals surface area contributed by atoms with Gasteiger partial charge >= 0.3 is 0 Å². The first-order valence-corrected chi connectivity index (χ1v) is 4.55. The Morgan fingerprint density at radius 1 is 1.83 bits per heavy atom. The van der Waals surface area contributed by atoms with Crippen molar-refractivity contribution in [3.05, 3.63) is 16.6 Å². The summed E-state index contributed by atoms with van der Waals surface area (Å²) in [5, 5.41) is 5.94. The number of likely N-dealkylation sites (N-methyl/N-ethyl adjacent to an activating group) is 1. The van der Waals surface area contributed by atoms with Crippen molar-refractivity contribution in [1.82, 2.24) is 15.2 Å². The van der Waals surface area contributed by atoms with Crippen LogP contribution in [0.4, 0.5) is 0 Å². The molecule has 1 atom stereocenters. The summed E-state index contributed by atoms with van der Waals surface area (Å²) < 4.78 is 0. The van der Waals surface area contributed by atoms with Crippen LogP contribution in [0.25, 0.3) is 0 Å². The summed E-state index contributed by atoms with van der Waals surface area (Å²) in [6, 6.07) is 0. The topological polar surface area (TPSA) is 45.2 Å². The maximum atomic E-state index is 11.1. The predicted molar refractivity (Wildman–Crippen MR) is 45.6 cm³/mol. The van der Waals surface area contributed by atoms with Crippen LogP contribution in [0, 0.1) is 0 Å². The number of carbonyl (C=O) groups excluding carboxylic acids is 1. The summed E-state index contributed by atoms with van der Waals surface area (Å²) >= 11 is 1.56. The van der Waals surface area contributed by atoms with E-state index in [4.69, 9.17) is 0 Å². The van der Waals surface area contributed by atoms with Gasteiger partial charge in [0.2, 0.25) is 5.91 Å². The molecule has 64 valence electrons. The standard InChI is InChI=1S/C7H9N3OS/c1-10-5(11)4-9-6(10)7-8-2-3-12-7/h2-3,6,9H,4H2,1H3. The van der Waals surface area contributed by atoms with Crippen LogP contribution in [0.1, 0.15) is 11.2 Å². The van der Waals surface area contributed by atoms with E-state index in [0.29, 0.717) is 6.54 Å². The average molecular weight is 183 g/mol. The smallest absolute Gasteiger partial charge is 0.237 e. The fourth-order valence-electron chi connectivity index (χ4n) is 1.21. The summed E-state index contributed by atoms with van der Waals surface area (Å²) in [6.07, 6.45) is 1.73. The largest absolute Gasteiger partial charge is 0.323 e.